The van der Waals surface area contributed by atoms with Gasteiger partial charge < -0.3 is 24.2 Å². The predicted molar refractivity (Wildman–Crippen MR) is 176 cm³/mol. The number of aryl methyl sites for hydroxylation is 1. The number of carbonyl (C=O) groups is 1. The van der Waals surface area contributed by atoms with Gasteiger partial charge in [-0.25, -0.2) is 0 Å². The number of aromatic nitrogens is 2. The van der Waals surface area contributed by atoms with Crippen molar-refractivity contribution in [1.82, 2.24) is 19.8 Å². The van der Waals surface area contributed by atoms with Crippen molar-refractivity contribution in [2.75, 3.05) is 68.9 Å². The molecule has 3 aliphatic rings. The van der Waals surface area contributed by atoms with Crippen LogP contribution in [0.25, 0.3) is 10.8 Å². The van der Waals surface area contributed by atoms with Gasteiger partial charge in [-0.3, -0.25) is 9.69 Å². The van der Waals surface area contributed by atoms with E-state index in [0.29, 0.717) is 44.8 Å². The molecule has 1 aromatic heterocycles. The molecule has 6 rings (SSSR count). The van der Waals surface area contributed by atoms with Gasteiger partial charge in [0.1, 0.15) is 5.82 Å². The molecule has 0 N–H and O–H groups in total. The first-order valence-electron chi connectivity index (χ1n) is 16.1. The number of nitriles is 1. The molecule has 0 radical (unpaired) electrons. The van der Waals surface area contributed by atoms with E-state index in [9.17, 15) is 10.1 Å². The quantitative estimate of drug-likeness (QED) is 0.262. The molecule has 4 heterocycles. The van der Waals surface area contributed by atoms with Crippen molar-refractivity contribution in [2.45, 2.75) is 51.7 Å². The number of carbonyl (C=O) groups excluding carboxylic acids is 1. The number of amides is 1. The molecule has 0 bridgehead atoms. The van der Waals surface area contributed by atoms with Crippen LogP contribution in [0.2, 0.25) is 0 Å². The Morgan fingerprint density at radius 1 is 1.16 bits per heavy atom. The summed E-state index contributed by atoms with van der Waals surface area (Å²) in [4.78, 5) is 31.4. The topological polar surface area (TPSA) is 98.1 Å². The van der Waals surface area contributed by atoms with Crippen molar-refractivity contribution in [1.29, 1.82) is 5.26 Å². The first kappa shape index (κ1) is 30.8. The molecule has 0 unspecified atom stereocenters. The van der Waals surface area contributed by atoms with Crippen LogP contribution in [0, 0.1) is 18.3 Å². The average Bonchev–Trinajstić information content (AvgIpc) is 3.06. The molecular formula is C35H43N7O3. The predicted octanol–water partition coefficient (Wildman–Crippen LogP) is 4.11. The lowest BCUT2D eigenvalue weighted by Crippen LogP contribution is -2.55. The molecule has 3 aliphatic heterocycles. The monoisotopic (exact) mass is 609 g/mol. The Kier molecular flexibility index (Phi) is 9.47. The number of piperazine rings is 1. The fourth-order valence-electron chi connectivity index (χ4n) is 6.95. The molecule has 2 saturated heterocycles. The van der Waals surface area contributed by atoms with E-state index in [-0.39, 0.29) is 18.4 Å². The van der Waals surface area contributed by atoms with Gasteiger partial charge in [0.05, 0.1) is 50.6 Å². The Hall–Kier alpha value is -4.20. The highest BCUT2D eigenvalue weighted by Gasteiger charge is 2.33. The minimum absolute atomic E-state index is 0.140. The molecule has 10 heteroatoms. The maximum atomic E-state index is 12.6. The van der Waals surface area contributed by atoms with E-state index >= 15 is 0 Å². The van der Waals surface area contributed by atoms with Crippen molar-refractivity contribution < 1.29 is 14.3 Å². The Labute approximate surface area is 265 Å². The smallest absolute Gasteiger partial charge is 0.318 e. The molecule has 2 aromatic carbocycles. The number of ether oxygens (including phenoxy) is 2. The minimum atomic E-state index is -0.238. The summed E-state index contributed by atoms with van der Waals surface area (Å²) in [6, 6.07) is 15.8. The highest BCUT2D eigenvalue weighted by Crippen LogP contribution is 2.36. The zero-order valence-electron chi connectivity index (χ0n) is 26.5. The van der Waals surface area contributed by atoms with Crippen LogP contribution in [0.1, 0.15) is 36.6 Å². The fourth-order valence-corrected chi connectivity index (χ4v) is 6.95. The average molecular weight is 610 g/mol. The van der Waals surface area contributed by atoms with Crippen molar-refractivity contribution >= 4 is 28.2 Å². The van der Waals surface area contributed by atoms with Gasteiger partial charge in [0.25, 0.3) is 0 Å². The number of benzene rings is 2. The second kappa shape index (κ2) is 13.8. The Morgan fingerprint density at radius 3 is 2.80 bits per heavy atom. The van der Waals surface area contributed by atoms with Gasteiger partial charge in [0.2, 0.25) is 5.91 Å². The molecule has 236 valence electrons. The van der Waals surface area contributed by atoms with Gasteiger partial charge in [-0.2, -0.15) is 15.2 Å². The highest BCUT2D eigenvalue weighted by molar-refractivity contribution is 5.97. The van der Waals surface area contributed by atoms with E-state index in [2.05, 4.69) is 77.6 Å². The molecule has 0 spiro atoms. The molecule has 2 fully saturated rings. The Morgan fingerprint density at radius 2 is 2.00 bits per heavy atom. The van der Waals surface area contributed by atoms with Gasteiger partial charge in [0.15, 0.2) is 0 Å². The summed E-state index contributed by atoms with van der Waals surface area (Å²) in [5.41, 5.74) is 4.56. The number of anilines is 2. The van der Waals surface area contributed by atoms with E-state index in [0.717, 1.165) is 62.8 Å². The summed E-state index contributed by atoms with van der Waals surface area (Å²) >= 11 is 0. The standard InChI is InChI=1S/C35H43N7O3/c1-4-32(43)42-18-17-41(22-28(42)12-14-36)34-29-13-16-40(31-11-6-10-27-9-5-8-25(2)33(27)31)23-30(29)37-35(38-34)45-20-7-15-39-19-21-44-24-26(39)3/h4-6,8-11,26,28H,1,7,12-13,15-24H2,2-3H3/t26-,28-/m0/s1. The lowest BCUT2D eigenvalue weighted by Gasteiger charge is -2.42. The maximum Gasteiger partial charge on any atom is 0.318 e. The van der Waals surface area contributed by atoms with Gasteiger partial charge in [-0.15, -0.1) is 0 Å². The van der Waals surface area contributed by atoms with Crippen LogP contribution in [0.3, 0.4) is 0 Å². The largest absolute Gasteiger partial charge is 0.463 e. The molecule has 10 nitrogen and oxygen atoms in total. The molecule has 3 aromatic rings. The lowest BCUT2D eigenvalue weighted by atomic mass is 9.99. The molecular weight excluding hydrogens is 566 g/mol. The minimum Gasteiger partial charge on any atom is -0.463 e. The van der Waals surface area contributed by atoms with Gasteiger partial charge >= 0.3 is 6.01 Å². The van der Waals surface area contributed by atoms with Crippen molar-refractivity contribution in [2.24, 2.45) is 0 Å². The van der Waals surface area contributed by atoms with E-state index in [4.69, 9.17) is 19.4 Å². The van der Waals surface area contributed by atoms with E-state index in [1.807, 2.05) is 0 Å². The van der Waals surface area contributed by atoms with Crippen molar-refractivity contribution in [3.8, 4) is 12.1 Å². The number of hydrogen-bond acceptors (Lipinski definition) is 9. The van der Waals surface area contributed by atoms with Gasteiger partial charge in [-0.05, 0) is 49.8 Å². The van der Waals surface area contributed by atoms with Crippen LogP contribution < -0.4 is 14.5 Å². The van der Waals surface area contributed by atoms with Crippen LogP contribution in [0.4, 0.5) is 11.5 Å². The number of morpholine rings is 1. The number of nitrogens with zero attached hydrogens (tertiary/aromatic N) is 7. The van der Waals surface area contributed by atoms with E-state index in [1.54, 1.807) is 4.90 Å². The lowest BCUT2D eigenvalue weighted by molar-refractivity contribution is -0.128. The number of rotatable bonds is 9. The van der Waals surface area contributed by atoms with Crippen LogP contribution in [-0.4, -0.2) is 96.8 Å². The molecule has 0 aliphatic carbocycles. The second-order valence-corrected chi connectivity index (χ2v) is 12.2. The Bertz CT molecular complexity index is 1580. The van der Waals surface area contributed by atoms with Crippen LogP contribution in [0.15, 0.2) is 49.1 Å². The van der Waals surface area contributed by atoms with E-state index < -0.39 is 0 Å². The van der Waals surface area contributed by atoms with Crippen LogP contribution in [-0.2, 0) is 22.5 Å². The van der Waals surface area contributed by atoms with Gasteiger partial charge in [-0.1, -0.05) is 36.9 Å². The zero-order valence-corrected chi connectivity index (χ0v) is 26.5. The van der Waals surface area contributed by atoms with Crippen molar-refractivity contribution in [3.63, 3.8) is 0 Å². The summed E-state index contributed by atoms with van der Waals surface area (Å²) in [7, 11) is 0. The number of hydrogen-bond donors (Lipinski definition) is 0. The summed E-state index contributed by atoms with van der Waals surface area (Å²) in [6.45, 7) is 15.1. The van der Waals surface area contributed by atoms with E-state index in [1.165, 1.54) is 28.1 Å². The van der Waals surface area contributed by atoms with Gasteiger partial charge in [0, 0.05) is 61.9 Å². The first-order chi connectivity index (χ1) is 22.0. The third-order valence-electron chi connectivity index (χ3n) is 9.35. The SMILES string of the molecule is C=CC(=O)N1CCN(c2nc(OCCCN3CCOC[C@@H]3C)nc3c2CCN(c2cccc4cccc(C)c24)C3)C[C@@H]1CC#N. The third-order valence-corrected chi connectivity index (χ3v) is 9.35. The van der Waals surface area contributed by atoms with Crippen LogP contribution in [0.5, 0.6) is 6.01 Å². The first-order valence-corrected chi connectivity index (χ1v) is 16.1. The zero-order chi connectivity index (χ0) is 31.3. The molecule has 0 saturated carbocycles. The fraction of sp³-hybridized carbons (Fsp3) is 0.486. The maximum absolute atomic E-state index is 12.6. The Balaban J connectivity index is 1.28. The van der Waals surface area contributed by atoms with Crippen LogP contribution >= 0.6 is 0 Å². The summed E-state index contributed by atoms with van der Waals surface area (Å²) in [5, 5.41) is 12.1. The second-order valence-electron chi connectivity index (χ2n) is 12.2. The normalized spacial score (nSPS) is 20.5. The molecule has 45 heavy (non-hydrogen) atoms. The summed E-state index contributed by atoms with van der Waals surface area (Å²) in [5.74, 6) is 0.721. The highest BCUT2D eigenvalue weighted by atomic mass is 16.5. The number of fused-ring (bicyclic) bond motifs is 2. The molecule has 1 amide bonds. The summed E-state index contributed by atoms with van der Waals surface area (Å²) < 4.78 is 11.8. The van der Waals surface area contributed by atoms with Crippen molar-refractivity contribution in [3.05, 3.63) is 65.9 Å². The molecule has 2 atom stereocenters. The third kappa shape index (κ3) is 6.60. The summed E-state index contributed by atoms with van der Waals surface area (Å²) in [6.07, 6.45) is 3.24.